The highest BCUT2D eigenvalue weighted by Crippen LogP contribution is 2.28. The number of rotatable bonds is 4. The van der Waals surface area contributed by atoms with E-state index in [9.17, 15) is 9.18 Å². The van der Waals surface area contributed by atoms with E-state index >= 15 is 0 Å². The van der Waals surface area contributed by atoms with Gasteiger partial charge in [0.25, 0.3) is 0 Å². The first-order valence-corrected chi connectivity index (χ1v) is 6.15. The second kappa shape index (κ2) is 7.94. The molecule has 0 aliphatic rings. The molecule has 1 aromatic rings. The Bertz CT molecular complexity index is 420. The maximum Gasteiger partial charge on any atom is 0.342 e. The number of alkyl halides is 1. The van der Waals surface area contributed by atoms with Gasteiger partial charge < -0.3 is 10.5 Å². The van der Waals surface area contributed by atoms with Gasteiger partial charge in [0.1, 0.15) is 0 Å². The van der Waals surface area contributed by atoms with Gasteiger partial charge in [0.2, 0.25) is 6.17 Å². The first-order valence-electron chi connectivity index (χ1n) is 4.98. The standard InChI is InChI=1S/C11H12BrClFNO2.ClH/c1-2-17-11(16)9(14)10(15)7-5-6(13)3-4-8(7)12;/h3-5,9-10H,2,15H2,1H3;1H/t9?,10-;/m0./s1. The minimum atomic E-state index is -1.91. The third-order valence-corrected chi connectivity index (χ3v) is 3.10. The number of carbonyl (C=O) groups is 1. The molecule has 18 heavy (non-hydrogen) atoms. The fourth-order valence-electron chi connectivity index (χ4n) is 1.30. The fourth-order valence-corrected chi connectivity index (χ4v) is 1.99. The van der Waals surface area contributed by atoms with Gasteiger partial charge in [0.15, 0.2) is 0 Å². The van der Waals surface area contributed by atoms with Crippen molar-refractivity contribution < 1.29 is 13.9 Å². The zero-order chi connectivity index (χ0) is 13.0. The SMILES string of the molecule is CCOC(=O)C(F)[C@@H](N)c1cc(Cl)ccc1Br.Cl. The second-order valence-electron chi connectivity index (χ2n) is 3.35. The summed E-state index contributed by atoms with van der Waals surface area (Å²) in [5.74, 6) is -0.966. The zero-order valence-corrected chi connectivity index (χ0v) is 12.7. The van der Waals surface area contributed by atoms with Crippen LogP contribution in [0.3, 0.4) is 0 Å². The Morgan fingerprint density at radius 3 is 2.78 bits per heavy atom. The van der Waals surface area contributed by atoms with Crippen LogP contribution < -0.4 is 5.73 Å². The van der Waals surface area contributed by atoms with Gasteiger partial charge >= 0.3 is 5.97 Å². The molecule has 3 nitrogen and oxygen atoms in total. The molecule has 1 unspecified atom stereocenters. The molecule has 0 aliphatic heterocycles. The molecule has 0 amide bonds. The summed E-state index contributed by atoms with van der Waals surface area (Å²) >= 11 is 9.02. The van der Waals surface area contributed by atoms with Crippen LogP contribution in [0.2, 0.25) is 5.02 Å². The number of ether oxygens (including phenoxy) is 1. The third kappa shape index (κ3) is 4.39. The molecule has 0 heterocycles. The first kappa shape index (κ1) is 17.6. The molecule has 0 aromatic heterocycles. The molecule has 1 aromatic carbocycles. The lowest BCUT2D eigenvalue weighted by atomic mass is 10.0. The van der Waals surface area contributed by atoms with Crippen molar-refractivity contribution in [3.63, 3.8) is 0 Å². The molecular weight excluding hydrogens is 348 g/mol. The van der Waals surface area contributed by atoms with Gasteiger partial charge in [-0.15, -0.1) is 12.4 Å². The fraction of sp³-hybridized carbons (Fsp3) is 0.364. The van der Waals surface area contributed by atoms with Crippen LogP contribution in [0.1, 0.15) is 18.5 Å². The van der Waals surface area contributed by atoms with Crippen LogP contribution in [0.5, 0.6) is 0 Å². The predicted octanol–water partition coefficient (Wildman–Crippen LogP) is 3.43. The molecule has 1 rings (SSSR count). The van der Waals surface area contributed by atoms with Crippen molar-refractivity contribution in [1.29, 1.82) is 0 Å². The van der Waals surface area contributed by atoms with Crippen LogP contribution in [0.25, 0.3) is 0 Å². The molecule has 2 N–H and O–H groups in total. The average Bonchev–Trinajstić information content (AvgIpc) is 2.30. The Morgan fingerprint density at radius 2 is 2.22 bits per heavy atom. The Morgan fingerprint density at radius 1 is 1.61 bits per heavy atom. The molecule has 7 heteroatoms. The summed E-state index contributed by atoms with van der Waals surface area (Å²) in [6, 6.07) is 3.69. The van der Waals surface area contributed by atoms with E-state index in [-0.39, 0.29) is 19.0 Å². The summed E-state index contributed by atoms with van der Waals surface area (Å²) in [6.45, 7) is 1.72. The molecule has 2 atom stereocenters. The van der Waals surface area contributed by atoms with Gasteiger partial charge in [-0.25, -0.2) is 9.18 Å². The summed E-state index contributed by atoms with van der Waals surface area (Å²) in [4.78, 5) is 11.2. The van der Waals surface area contributed by atoms with E-state index < -0.39 is 18.2 Å². The van der Waals surface area contributed by atoms with Crippen LogP contribution in [-0.2, 0) is 9.53 Å². The van der Waals surface area contributed by atoms with Crippen molar-refractivity contribution in [3.8, 4) is 0 Å². The Kier molecular flexibility index (Phi) is 7.78. The van der Waals surface area contributed by atoms with Gasteiger partial charge in [-0.1, -0.05) is 27.5 Å². The van der Waals surface area contributed by atoms with Gasteiger partial charge in [-0.05, 0) is 30.7 Å². The summed E-state index contributed by atoms with van der Waals surface area (Å²) in [7, 11) is 0. The highest BCUT2D eigenvalue weighted by molar-refractivity contribution is 9.10. The van der Waals surface area contributed by atoms with E-state index in [2.05, 4.69) is 20.7 Å². The monoisotopic (exact) mass is 359 g/mol. The van der Waals surface area contributed by atoms with Crippen molar-refractivity contribution in [1.82, 2.24) is 0 Å². The minimum absolute atomic E-state index is 0. The van der Waals surface area contributed by atoms with E-state index in [1.807, 2.05) is 0 Å². The van der Waals surface area contributed by atoms with Crippen LogP contribution in [0.15, 0.2) is 22.7 Å². The first-order chi connectivity index (χ1) is 7.97. The molecule has 102 valence electrons. The van der Waals surface area contributed by atoms with E-state index in [1.165, 1.54) is 6.07 Å². The van der Waals surface area contributed by atoms with Gasteiger partial charge in [-0.3, -0.25) is 0 Å². The number of nitrogens with two attached hydrogens (primary N) is 1. The van der Waals surface area contributed by atoms with Crippen LogP contribution in [0, 0.1) is 0 Å². The highest BCUT2D eigenvalue weighted by Gasteiger charge is 2.29. The molecule has 0 fully saturated rings. The molecule has 0 bridgehead atoms. The smallest absolute Gasteiger partial charge is 0.342 e. The number of hydrogen-bond acceptors (Lipinski definition) is 3. The summed E-state index contributed by atoms with van der Waals surface area (Å²) in [5.41, 5.74) is 6.10. The minimum Gasteiger partial charge on any atom is -0.464 e. The van der Waals surface area contributed by atoms with Crippen LogP contribution in [-0.4, -0.2) is 18.7 Å². The van der Waals surface area contributed by atoms with Crippen molar-refractivity contribution in [3.05, 3.63) is 33.3 Å². The van der Waals surface area contributed by atoms with E-state index in [0.717, 1.165) is 0 Å². The Balaban J connectivity index is 0.00000289. The number of esters is 1. The molecule has 0 saturated carbocycles. The predicted molar refractivity (Wildman–Crippen MR) is 74.9 cm³/mol. The number of hydrogen-bond donors (Lipinski definition) is 1. The topological polar surface area (TPSA) is 52.3 Å². The van der Waals surface area contributed by atoms with E-state index in [0.29, 0.717) is 15.1 Å². The largest absolute Gasteiger partial charge is 0.464 e. The van der Waals surface area contributed by atoms with Crippen LogP contribution in [0.4, 0.5) is 4.39 Å². The van der Waals surface area contributed by atoms with Gasteiger partial charge in [0, 0.05) is 9.50 Å². The van der Waals surface area contributed by atoms with Gasteiger partial charge in [-0.2, -0.15) is 0 Å². The molecule has 0 radical (unpaired) electrons. The highest BCUT2D eigenvalue weighted by atomic mass is 79.9. The quantitative estimate of drug-likeness (QED) is 0.837. The molecule has 0 aliphatic carbocycles. The van der Waals surface area contributed by atoms with Crippen LogP contribution >= 0.6 is 39.9 Å². The summed E-state index contributed by atoms with van der Waals surface area (Å²) in [5, 5.41) is 0.426. The number of benzene rings is 1. The van der Waals surface area contributed by atoms with Crippen molar-refractivity contribution >= 4 is 45.9 Å². The maximum atomic E-state index is 13.7. The summed E-state index contributed by atoms with van der Waals surface area (Å²) < 4.78 is 18.9. The lowest BCUT2D eigenvalue weighted by Gasteiger charge is -2.17. The second-order valence-corrected chi connectivity index (χ2v) is 4.64. The zero-order valence-electron chi connectivity index (χ0n) is 9.53. The van der Waals surface area contributed by atoms with Gasteiger partial charge in [0.05, 0.1) is 12.6 Å². The average molecular weight is 361 g/mol. The van der Waals surface area contributed by atoms with Crippen molar-refractivity contribution in [2.75, 3.05) is 6.61 Å². The molecule has 0 spiro atoms. The lowest BCUT2D eigenvalue weighted by molar-refractivity contribution is -0.149. The number of halogens is 4. The lowest BCUT2D eigenvalue weighted by Crippen LogP contribution is -2.31. The Labute approximate surface area is 124 Å². The normalized spacial score (nSPS) is 13.4. The molecule has 0 saturated heterocycles. The van der Waals surface area contributed by atoms with Crippen molar-refractivity contribution in [2.24, 2.45) is 5.73 Å². The number of carbonyl (C=O) groups excluding carboxylic acids is 1. The van der Waals surface area contributed by atoms with E-state index in [1.54, 1.807) is 19.1 Å². The maximum absolute atomic E-state index is 13.7. The Hall–Kier alpha value is -0.360. The molecular formula is C11H13BrCl2FNO2. The summed E-state index contributed by atoms with van der Waals surface area (Å²) in [6.07, 6.45) is -1.91. The van der Waals surface area contributed by atoms with Crippen molar-refractivity contribution in [2.45, 2.75) is 19.1 Å². The van der Waals surface area contributed by atoms with E-state index in [4.69, 9.17) is 17.3 Å². The third-order valence-electron chi connectivity index (χ3n) is 2.14.